The Morgan fingerprint density at radius 1 is 1.18 bits per heavy atom. The molecule has 0 saturated heterocycles. The number of halogens is 1. The van der Waals surface area contributed by atoms with E-state index < -0.39 is 0 Å². The molecule has 0 saturated carbocycles. The highest BCUT2D eigenvalue weighted by molar-refractivity contribution is 9.08. The molecule has 17 heavy (non-hydrogen) atoms. The highest BCUT2D eigenvalue weighted by atomic mass is 79.9. The molecule has 0 radical (unpaired) electrons. The lowest BCUT2D eigenvalue weighted by Gasteiger charge is -2.11. The maximum Gasteiger partial charge on any atom is 0.161 e. The van der Waals surface area contributed by atoms with Gasteiger partial charge in [-0.3, -0.25) is 0 Å². The summed E-state index contributed by atoms with van der Waals surface area (Å²) in [4.78, 5) is 0. The molecule has 0 amide bonds. The summed E-state index contributed by atoms with van der Waals surface area (Å²) in [7, 11) is 1.66. The number of benzene rings is 1. The third-order valence-electron chi connectivity index (χ3n) is 2.36. The Labute approximate surface area is 113 Å². The van der Waals surface area contributed by atoms with Crippen LogP contribution in [0.2, 0.25) is 0 Å². The van der Waals surface area contributed by atoms with Gasteiger partial charge >= 0.3 is 0 Å². The Bertz CT molecular complexity index is 468. The van der Waals surface area contributed by atoms with Crippen LogP contribution in [0.15, 0.2) is 35.0 Å². The van der Waals surface area contributed by atoms with E-state index in [9.17, 15) is 0 Å². The van der Waals surface area contributed by atoms with E-state index in [1.807, 2.05) is 23.6 Å². The van der Waals surface area contributed by atoms with Crippen molar-refractivity contribution in [3.05, 3.63) is 46.2 Å². The first-order chi connectivity index (χ1) is 8.33. The molecule has 0 fully saturated rings. The molecule has 0 unspecified atom stereocenters. The highest BCUT2D eigenvalue weighted by Crippen LogP contribution is 2.29. The second kappa shape index (κ2) is 6.07. The van der Waals surface area contributed by atoms with Crippen molar-refractivity contribution in [2.45, 2.75) is 11.9 Å². The average molecular weight is 313 g/mol. The van der Waals surface area contributed by atoms with E-state index in [2.05, 4.69) is 27.4 Å². The van der Waals surface area contributed by atoms with E-state index in [4.69, 9.17) is 9.47 Å². The minimum atomic E-state index is 0.577. The first-order valence-corrected chi connectivity index (χ1v) is 7.26. The number of hydrogen-bond donors (Lipinski definition) is 0. The van der Waals surface area contributed by atoms with Crippen LogP contribution in [0.3, 0.4) is 0 Å². The number of thiophene rings is 1. The van der Waals surface area contributed by atoms with Gasteiger partial charge in [0.15, 0.2) is 11.5 Å². The van der Waals surface area contributed by atoms with Gasteiger partial charge in [0.2, 0.25) is 0 Å². The van der Waals surface area contributed by atoms with Crippen LogP contribution in [0.1, 0.15) is 11.1 Å². The summed E-state index contributed by atoms with van der Waals surface area (Å²) >= 11 is 5.09. The smallest absolute Gasteiger partial charge is 0.161 e. The van der Waals surface area contributed by atoms with Crippen LogP contribution >= 0.6 is 27.3 Å². The molecule has 0 aliphatic carbocycles. The molecule has 4 heteroatoms. The molecule has 0 bridgehead atoms. The predicted octanol–water partition coefficient (Wildman–Crippen LogP) is 4.23. The number of rotatable bonds is 5. The number of alkyl halides is 1. The van der Waals surface area contributed by atoms with Gasteiger partial charge in [-0.05, 0) is 40.1 Å². The molecule has 0 spiro atoms. The molecule has 1 heterocycles. The van der Waals surface area contributed by atoms with E-state index >= 15 is 0 Å². The van der Waals surface area contributed by atoms with Crippen LogP contribution in [0, 0.1) is 0 Å². The van der Waals surface area contributed by atoms with E-state index in [0.717, 1.165) is 16.8 Å². The van der Waals surface area contributed by atoms with E-state index in [-0.39, 0.29) is 0 Å². The molecule has 2 aromatic rings. The summed E-state index contributed by atoms with van der Waals surface area (Å²) in [5.74, 6) is 1.56. The van der Waals surface area contributed by atoms with Crippen molar-refractivity contribution in [1.29, 1.82) is 0 Å². The molecule has 90 valence electrons. The van der Waals surface area contributed by atoms with Crippen LogP contribution in [-0.2, 0) is 11.9 Å². The van der Waals surface area contributed by atoms with Gasteiger partial charge in [-0.15, -0.1) is 0 Å². The van der Waals surface area contributed by atoms with Gasteiger partial charge in [0.05, 0.1) is 7.11 Å². The van der Waals surface area contributed by atoms with E-state index in [1.165, 1.54) is 11.1 Å². The lowest BCUT2D eigenvalue weighted by Crippen LogP contribution is -1.97. The first kappa shape index (κ1) is 12.5. The van der Waals surface area contributed by atoms with Gasteiger partial charge in [-0.2, -0.15) is 11.3 Å². The summed E-state index contributed by atoms with van der Waals surface area (Å²) in [5.41, 5.74) is 2.35. The number of hydrogen-bond acceptors (Lipinski definition) is 3. The molecular formula is C13H13BrO2S. The molecule has 0 aliphatic heterocycles. The van der Waals surface area contributed by atoms with Gasteiger partial charge in [0, 0.05) is 5.33 Å². The second-order valence-electron chi connectivity index (χ2n) is 3.54. The van der Waals surface area contributed by atoms with E-state index in [0.29, 0.717) is 6.61 Å². The third kappa shape index (κ3) is 3.23. The van der Waals surface area contributed by atoms with Crippen LogP contribution in [-0.4, -0.2) is 7.11 Å². The highest BCUT2D eigenvalue weighted by Gasteiger charge is 2.05. The normalized spacial score (nSPS) is 10.2. The van der Waals surface area contributed by atoms with Crippen molar-refractivity contribution in [1.82, 2.24) is 0 Å². The van der Waals surface area contributed by atoms with E-state index in [1.54, 1.807) is 18.4 Å². The fourth-order valence-corrected chi connectivity index (χ4v) is 2.45. The Hall–Kier alpha value is -1.00. The maximum absolute atomic E-state index is 5.74. The molecule has 0 N–H and O–H groups in total. The van der Waals surface area contributed by atoms with Gasteiger partial charge in [-0.1, -0.05) is 22.0 Å². The average Bonchev–Trinajstić information content (AvgIpc) is 2.89. The fraction of sp³-hybridized carbons (Fsp3) is 0.231. The summed E-state index contributed by atoms with van der Waals surface area (Å²) in [5, 5.41) is 4.94. The minimum absolute atomic E-state index is 0.577. The molecular weight excluding hydrogens is 300 g/mol. The zero-order valence-electron chi connectivity index (χ0n) is 9.48. The molecule has 0 atom stereocenters. The monoisotopic (exact) mass is 312 g/mol. The quantitative estimate of drug-likeness (QED) is 0.769. The molecule has 0 aliphatic rings. The van der Waals surface area contributed by atoms with Gasteiger partial charge in [-0.25, -0.2) is 0 Å². The summed E-state index contributed by atoms with van der Waals surface area (Å²) in [6, 6.07) is 8.02. The van der Waals surface area contributed by atoms with Crippen LogP contribution < -0.4 is 9.47 Å². The predicted molar refractivity (Wildman–Crippen MR) is 74.3 cm³/mol. The lowest BCUT2D eigenvalue weighted by atomic mass is 10.2. The summed E-state index contributed by atoms with van der Waals surface area (Å²) in [6.45, 7) is 0.577. The largest absolute Gasteiger partial charge is 0.493 e. The minimum Gasteiger partial charge on any atom is -0.493 e. The maximum atomic E-state index is 5.74. The topological polar surface area (TPSA) is 18.5 Å². The van der Waals surface area contributed by atoms with Crippen LogP contribution in [0.5, 0.6) is 11.5 Å². The van der Waals surface area contributed by atoms with Crippen molar-refractivity contribution in [2.75, 3.05) is 7.11 Å². The molecule has 1 aromatic heterocycles. The van der Waals surface area contributed by atoms with Crippen molar-refractivity contribution < 1.29 is 9.47 Å². The molecule has 1 aromatic carbocycles. The van der Waals surface area contributed by atoms with Crippen molar-refractivity contribution in [2.24, 2.45) is 0 Å². The standard InChI is InChI=1S/C13H13BrO2S/c1-15-13-6-10(7-14)2-3-12(13)16-8-11-4-5-17-9-11/h2-6,9H,7-8H2,1H3. The Kier molecular flexibility index (Phi) is 4.45. The van der Waals surface area contributed by atoms with Gasteiger partial charge in [0.25, 0.3) is 0 Å². The number of methoxy groups -OCH3 is 1. The summed E-state index contributed by atoms with van der Waals surface area (Å²) < 4.78 is 11.1. The zero-order valence-corrected chi connectivity index (χ0v) is 11.9. The third-order valence-corrected chi connectivity index (χ3v) is 3.74. The first-order valence-electron chi connectivity index (χ1n) is 5.20. The van der Waals surface area contributed by atoms with Crippen LogP contribution in [0.4, 0.5) is 0 Å². The Balaban J connectivity index is 2.09. The van der Waals surface area contributed by atoms with Crippen molar-refractivity contribution in [3.8, 4) is 11.5 Å². The molecule has 2 nitrogen and oxygen atoms in total. The Morgan fingerprint density at radius 2 is 2.06 bits per heavy atom. The second-order valence-corrected chi connectivity index (χ2v) is 4.88. The van der Waals surface area contributed by atoms with Crippen molar-refractivity contribution in [3.63, 3.8) is 0 Å². The Morgan fingerprint density at radius 3 is 2.71 bits per heavy atom. The lowest BCUT2D eigenvalue weighted by molar-refractivity contribution is 0.285. The number of ether oxygens (including phenoxy) is 2. The van der Waals surface area contributed by atoms with Crippen LogP contribution in [0.25, 0.3) is 0 Å². The zero-order chi connectivity index (χ0) is 12.1. The SMILES string of the molecule is COc1cc(CBr)ccc1OCc1ccsc1. The van der Waals surface area contributed by atoms with Crippen molar-refractivity contribution >= 4 is 27.3 Å². The van der Waals surface area contributed by atoms with Gasteiger partial charge < -0.3 is 9.47 Å². The van der Waals surface area contributed by atoms with Gasteiger partial charge in [0.1, 0.15) is 6.61 Å². The summed E-state index contributed by atoms with van der Waals surface area (Å²) in [6.07, 6.45) is 0. The fourth-order valence-electron chi connectivity index (χ4n) is 1.45. The molecule has 2 rings (SSSR count).